The number of nitrogens with two attached hydrogens (primary N) is 1. The molecule has 1 saturated heterocycles. The molecule has 1 heterocycles. The molecule has 1 aliphatic heterocycles. The van der Waals surface area contributed by atoms with Gasteiger partial charge in [0.1, 0.15) is 0 Å². The Morgan fingerprint density at radius 2 is 2.00 bits per heavy atom. The Balaban J connectivity index is 2.42. The third-order valence-electron chi connectivity index (χ3n) is 3.56. The molecule has 0 aliphatic carbocycles. The molecule has 2 N–H and O–H groups in total. The van der Waals surface area contributed by atoms with Crippen LogP contribution < -0.4 is 5.73 Å². The maximum absolute atomic E-state index is 5.80. The fourth-order valence-electron chi connectivity index (χ4n) is 2.42. The van der Waals surface area contributed by atoms with Gasteiger partial charge in [-0.25, -0.2) is 0 Å². The van der Waals surface area contributed by atoms with E-state index >= 15 is 0 Å². The van der Waals surface area contributed by atoms with Crippen LogP contribution in [0.1, 0.15) is 40.0 Å². The molecular weight excluding hydrogens is 160 g/mol. The van der Waals surface area contributed by atoms with Gasteiger partial charge in [-0.15, -0.1) is 0 Å². The Morgan fingerprint density at radius 1 is 1.38 bits per heavy atom. The minimum atomic E-state index is 0.324. The first kappa shape index (κ1) is 11.0. The largest absolute Gasteiger partial charge is 0.327 e. The van der Waals surface area contributed by atoms with Gasteiger partial charge in [0.25, 0.3) is 0 Å². The molecule has 0 unspecified atom stereocenters. The molecule has 1 fully saturated rings. The van der Waals surface area contributed by atoms with Gasteiger partial charge in [0.15, 0.2) is 0 Å². The van der Waals surface area contributed by atoms with E-state index in [4.69, 9.17) is 5.73 Å². The lowest BCUT2D eigenvalue weighted by Crippen LogP contribution is -2.35. The van der Waals surface area contributed by atoms with Crippen LogP contribution in [0.4, 0.5) is 0 Å². The number of hydrogen-bond acceptors (Lipinski definition) is 2. The lowest BCUT2D eigenvalue weighted by atomic mass is 9.82. The second-order valence-corrected chi connectivity index (χ2v) is 4.67. The summed E-state index contributed by atoms with van der Waals surface area (Å²) in [7, 11) is 0. The average Bonchev–Trinajstić information content (AvgIpc) is 2.48. The van der Waals surface area contributed by atoms with Gasteiger partial charge < -0.3 is 10.6 Å². The van der Waals surface area contributed by atoms with Crippen molar-refractivity contribution >= 4 is 0 Å². The van der Waals surface area contributed by atoms with Gasteiger partial charge in [-0.3, -0.25) is 0 Å². The van der Waals surface area contributed by atoms with Crippen molar-refractivity contribution in [3.05, 3.63) is 0 Å². The molecule has 0 aromatic carbocycles. The first-order valence-electron chi connectivity index (χ1n) is 5.60. The molecule has 0 amide bonds. The smallest absolute Gasteiger partial charge is 0.0139 e. The molecule has 2 heteroatoms. The lowest BCUT2D eigenvalue weighted by molar-refractivity contribution is 0.235. The van der Waals surface area contributed by atoms with E-state index < -0.39 is 0 Å². The van der Waals surface area contributed by atoms with Gasteiger partial charge in [0.2, 0.25) is 0 Å². The summed E-state index contributed by atoms with van der Waals surface area (Å²) in [5.41, 5.74) is 6.41. The molecule has 1 aliphatic rings. The fourth-order valence-corrected chi connectivity index (χ4v) is 2.42. The number of nitrogens with zero attached hydrogens (tertiary/aromatic N) is 1. The van der Waals surface area contributed by atoms with Crippen molar-refractivity contribution in [2.45, 2.75) is 46.1 Å². The van der Waals surface area contributed by atoms with Crippen molar-refractivity contribution in [2.24, 2.45) is 11.1 Å². The quantitative estimate of drug-likeness (QED) is 0.722. The highest BCUT2D eigenvalue weighted by Crippen LogP contribution is 2.36. The van der Waals surface area contributed by atoms with E-state index in [0.717, 1.165) is 6.54 Å². The number of hydrogen-bond donors (Lipinski definition) is 1. The summed E-state index contributed by atoms with van der Waals surface area (Å²) >= 11 is 0. The van der Waals surface area contributed by atoms with Crippen LogP contribution in [0.3, 0.4) is 0 Å². The maximum atomic E-state index is 5.80. The predicted molar refractivity (Wildman–Crippen MR) is 57.7 cm³/mol. The van der Waals surface area contributed by atoms with Crippen molar-refractivity contribution < 1.29 is 0 Å². The van der Waals surface area contributed by atoms with Crippen LogP contribution in [-0.2, 0) is 0 Å². The molecule has 0 saturated carbocycles. The van der Waals surface area contributed by atoms with Crippen molar-refractivity contribution in [1.29, 1.82) is 0 Å². The van der Waals surface area contributed by atoms with Crippen LogP contribution in [-0.4, -0.2) is 30.6 Å². The molecule has 0 aromatic rings. The van der Waals surface area contributed by atoms with Crippen LogP contribution in [0, 0.1) is 5.41 Å². The zero-order valence-corrected chi connectivity index (χ0v) is 9.34. The Bertz CT molecular complexity index is 150. The Morgan fingerprint density at radius 3 is 2.38 bits per heavy atom. The Kier molecular flexibility index (Phi) is 3.74. The van der Waals surface area contributed by atoms with Crippen LogP contribution in [0.5, 0.6) is 0 Å². The van der Waals surface area contributed by atoms with Crippen LogP contribution in [0.25, 0.3) is 0 Å². The molecule has 0 radical (unpaired) electrons. The predicted octanol–water partition coefficient (Wildman–Crippen LogP) is 1.85. The number of likely N-dealkylation sites (tertiary alicyclic amines) is 1. The highest BCUT2D eigenvalue weighted by Gasteiger charge is 2.34. The number of rotatable bonds is 4. The summed E-state index contributed by atoms with van der Waals surface area (Å²) in [6.45, 7) is 10.3. The van der Waals surface area contributed by atoms with Crippen LogP contribution >= 0.6 is 0 Å². The standard InChI is InChI=1S/C11H24N2/c1-4-11(5-2)6-7-13(9-11)8-10(3)12/h10H,4-9,12H2,1-3H3/t10-/m1/s1. The molecule has 1 rings (SSSR count). The summed E-state index contributed by atoms with van der Waals surface area (Å²) < 4.78 is 0. The summed E-state index contributed by atoms with van der Waals surface area (Å²) in [4.78, 5) is 2.53. The molecule has 0 bridgehead atoms. The molecular formula is C11H24N2. The Hall–Kier alpha value is -0.0800. The maximum Gasteiger partial charge on any atom is 0.0139 e. The minimum absolute atomic E-state index is 0.324. The van der Waals surface area contributed by atoms with Gasteiger partial charge in [-0.1, -0.05) is 13.8 Å². The van der Waals surface area contributed by atoms with Crippen molar-refractivity contribution in [1.82, 2.24) is 4.90 Å². The van der Waals surface area contributed by atoms with E-state index in [-0.39, 0.29) is 0 Å². The molecule has 0 aromatic heterocycles. The van der Waals surface area contributed by atoms with Crippen LogP contribution in [0.2, 0.25) is 0 Å². The second-order valence-electron chi connectivity index (χ2n) is 4.67. The molecule has 2 nitrogen and oxygen atoms in total. The van der Waals surface area contributed by atoms with Gasteiger partial charge in [-0.05, 0) is 38.1 Å². The third-order valence-corrected chi connectivity index (χ3v) is 3.56. The van der Waals surface area contributed by atoms with Crippen molar-refractivity contribution in [3.8, 4) is 0 Å². The van der Waals surface area contributed by atoms with E-state index in [1.807, 2.05) is 0 Å². The van der Waals surface area contributed by atoms with E-state index in [1.54, 1.807) is 0 Å². The van der Waals surface area contributed by atoms with Gasteiger partial charge in [-0.2, -0.15) is 0 Å². The van der Waals surface area contributed by atoms with Crippen molar-refractivity contribution in [3.63, 3.8) is 0 Å². The lowest BCUT2D eigenvalue weighted by Gasteiger charge is -2.27. The third kappa shape index (κ3) is 2.68. The molecule has 1 atom stereocenters. The summed E-state index contributed by atoms with van der Waals surface area (Å²) in [5, 5.41) is 0. The van der Waals surface area contributed by atoms with Gasteiger partial charge in [0.05, 0.1) is 0 Å². The summed E-state index contributed by atoms with van der Waals surface area (Å²) in [6.07, 6.45) is 4.00. The summed E-state index contributed by atoms with van der Waals surface area (Å²) in [6, 6.07) is 0.324. The average molecular weight is 184 g/mol. The first-order chi connectivity index (χ1) is 6.12. The minimum Gasteiger partial charge on any atom is -0.327 e. The van der Waals surface area contributed by atoms with Crippen LogP contribution in [0.15, 0.2) is 0 Å². The van der Waals surface area contributed by atoms with Gasteiger partial charge >= 0.3 is 0 Å². The second kappa shape index (κ2) is 4.43. The molecule has 13 heavy (non-hydrogen) atoms. The van der Waals surface area contributed by atoms with E-state index in [1.165, 1.54) is 32.4 Å². The van der Waals surface area contributed by atoms with E-state index in [0.29, 0.717) is 11.5 Å². The summed E-state index contributed by atoms with van der Waals surface area (Å²) in [5.74, 6) is 0. The highest BCUT2D eigenvalue weighted by atomic mass is 15.2. The van der Waals surface area contributed by atoms with E-state index in [9.17, 15) is 0 Å². The topological polar surface area (TPSA) is 29.3 Å². The molecule has 0 spiro atoms. The first-order valence-corrected chi connectivity index (χ1v) is 5.60. The van der Waals surface area contributed by atoms with E-state index in [2.05, 4.69) is 25.7 Å². The zero-order valence-electron chi connectivity index (χ0n) is 9.34. The fraction of sp³-hybridized carbons (Fsp3) is 1.00. The van der Waals surface area contributed by atoms with Crippen molar-refractivity contribution in [2.75, 3.05) is 19.6 Å². The normalized spacial score (nSPS) is 24.9. The van der Waals surface area contributed by atoms with Gasteiger partial charge in [0, 0.05) is 19.1 Å². The monoisotopic (exact) mass is 184 g/mol. The molecule has 78 valence electrons. The SMILES string of the molecule is CCC1(CC)CCN(C[C@@H](C)N)C1. The highest BCUT2D eigenvalue weighted by molar-refractivity contribution is 4.88. The Labute approximate surface area is 82.5 Å². The zero-order chi connectivity index (χ0) is 9.90.